The average Bonchev–Trinajstić information content (AvgIpc) is 3.22. The fourth-order valence-corrected chi connectivity index (χ4v) is 2.47. The van der Waals surface area contributed by atoms with E-state index in [1.165, 1.54) is 6.07 Å². The van der Waals surface area contributed by atoms with E-state index >= 15 is 0 Å². The summed E-state index contributed by atoms with van der Waals surface area (Å²) in [7, 11) is 0. The highest BCUT2D eigenvalue weighted by molar-refractivity contribution is 5.99. The standard InChI is InChI=1S/C21H19N3O4/c1-14(23-24-20(25)13-22-17-5-3-2-4-6-17)15-7-9-16(10-8-15)18-11-12-19(28-18)21(26)27/h2-12,22H,13H2,1H3,(H,24,25)(H,26,27)/b23-14-. The number of carbonyl (C=O) groups is 2. The van der Waals surface area contributed by atoms with E-state index in [2.05, 4.69) is 15.8 Å². The van der Waals surface area contributed by atoms with Crippen molar-refractivity contribution < 1.29 is 19.1 Å². The zero-order chi connectivity index (χ0) is 19.9. The van der Waals surface area contributed by atoms with Gasteiger partial charge in [-0.3, -0.25) is 4.79 Å². The van der Waals surface area contributed by atoms with Crippen molar-refractivity contribution in [1.82, 2.24) is 5.43 Å². The van der Waals surface area contributed by atoms with E-state index in [-0.39, 0.29) is 18.2 Å². The van der Waals surface area contributed by atoms with Gasteiger partial charge in [-0.1, -0.05) is 42.5 Å². The fourth-order valence-electron chi connectivity index (χ4n) is 2.47. The summed E-state index contributed by atoms with van der Waals surface area (Å²) < 4.78 is 5.28. The first kappa shape index (κ1) is 18.9. The number of carboxylic acid groups (broad SMARTS) is 1. The van der Waals surface area contributed by atoms with Crippen LogP contribution in [0, 0.1) is 0 Å². The zero-order valence-corrected chi connectivity index (χ0v) is 15.2. The van der Waals surface area contributed by atoms with Crippen molar-refractivity contribution in [2.45, 2.75) is 6.92 Å². The van der Waals surface area contributed by atoms with Crippen molar-refractivity contribution in [3.8, 4) is 11.3 Å². The van der Waals surface area contributed by atoms with Crippen LogP contribution in [-0.2, 0) is 4.79 Å². The molecule has 0 aliphatic heterocycles. The van der Waals surface area contributed by atoms with Crippen LogP contribution in [0.15, 0.2) is 76.2 Å². The van der Waals surface area contributed by atoms with Gasteiger partial charge in [0.15, 0.2) is 0 Å². The molecule has 28 heavy (non-hydrogen) atoms. The summed E-state index contributed by atoms with van der Waals surface area (Å²) >= 11 is 0. The van der Waals surface area contributed by atoms with Crippen molar-refractivity contribution in [2.24, 2.45) is 5.10 Å². The minimum Gasteiger partial charge on any atom is -0.475 e. The Morgan fingerprint density at radius 3 is 2.36 bits per heavy atom. The molecule has 3 rings (SSSR count). The zero-order valence-electron chi connectivity index (χ0n) is 15.2. The number of anilines is 1. The molecule has 1 aromatic heterocycles. The van der Waals surface area contributed by atoms with Crippen LogP contribution in [0.25, 0.3) is 11.3 Å². The molecule has 0 radical (unpaired) electrons. The average molecular weight is 377 g/mol. The van der Waals surface area contributed by atoms with E-state index in [9.17, 15) is 9.59 Å². The van der Waals surface area contributed by atoms with E-state index in [4.69, 9.17) is 9.52 Å². The van der Waals surface area contributed by atoms with E-state index in [0.29, 0.717) is 11.5 Å². The van der Waals surface area contributed by atoms with Crippen molar-refractivity contribution >= 4 is 23.3 Å². The third kappa shape index (κ3) is 4.85. The maximum Gasteiger partial charge on any atom is 0.371 e. The Bertz CT molecular complexity index is 992. The molecule has 0 fully saturated rings. The predicted octanol–water partition coefficient (Wildman–Crippen LogP) is 3.60. The minimum atomic E-state index is -1.11. The molecule has 0 spiro atoms. The van der Waals surface area contributed by atoms with Gasteiger partial charge in [0.2, 0.25) is 5.76 Å². The molecule has 0 aliphatic carbocycles. The van der Waals surface area contributed by atoms with Gasteiger partial charge in [0.25, 0.3) is 5.91 Å². The van der Waals surface area contributed by atoms with Gasteiger partial charge < -0.3 is 14.8 Å². The van der Waals surface area contributed by atoms with Crippen LogP contribution in [0.5, 0.6) is 0 Å². The number of benzene rings is 2. The number of carboxylic acids is 1. The molecule has 3 N–H and O–H groups in total. The molecule has 7 nitrogen and oxygen atoms in total. The number of hydrazone groups is 1. The molecule has 0 bridgehead atoms. The molecule has 7 heteroatoms. The highest BCUT2D eigenvalue weighted by atomic mass is 16.4. The van der Waals surface area contributed by atoms with Crippen LogP contribution >= 0.6 is 0 Å². The van der Waals surface area contributed by atoms with Crippen molar-refractivity contribution in [3.63, 3.8) is 0 Å². The molecular formula is C21H19N3O4. The number of carbonyl (C=O) groups excluding carboxylic acids is 1. The summed E-state index contributed by atoms with van der Waals surface area (Å²) in [6.45, 7) is 1.90. The Labute approximate surface area is 161 Å². The van der Waals surface area contributed by atoms with Gasteiger partial charge in [-0.2, -0.15) is 5.10 Å². The molecule has 1 amide bonds. The summed E-state index contributed by atoms with van der Waals surface area (Å²) in [4.78, 5) is 22.8. The smallest absolute Gasteiger partial charge is 0.371 e. The highest BCUT2D eigenvalue weighted by Gasteiger charge is 2.10. The molecule has 142 valence electrons. The number of aromatic carboxylic acids is 1. The molecule has 0 atom stereocenters. The molecular weight excluding hydrogens is 358 g/mol. The number of hydrogen-bond donors (Lipinski definition) is 3. The van der Waals surface area contributed by atoms with Crippen LogP contribution in [0.2, 0.25) is 0 Å². The summed E-state index contributed by atoms with van der Waals surface area (Å²) in [5.74, 6) is -0.998. The Morgan fingerprint density at radius 2 is 1.71 bits per heavy atom. The maximum absolute atomic E-state index is 11.9. The predicted molar refractivity (Wildman–Crippen MR) is 106 cm³/mol. The lowest BCUT2D eigenvalue weighted by molar-refractivity contribution is -0.119. The van der Waals surface area contributed by atoms with Gasteiger partial charge in [-0.25, -0.2) is 10.2 Å². The van der Waals surface area contributed by atoms with Crippen LogP contribution in [0.1, 0.15) is 23.0 Å². The minimum absolute atomic E-state index is 0.108. The normalized spacial score (nSPS) is 11.1. The number of hydrogen-bond acceptors (Lipinski definition) is 5. The van der Waals surface area contributed by atoms with Gasteiger partial charge in [0, 0.05) is 11.3 Å². The molecule has 3 aromatic rings. The Kier molecular flexibility index (Phi) is 5.86. The van der Waals surface area contributed by atoms with Crippen LogP contribution < -0.4 is 10.7 Å². The molecule has 0 unspecified atom stereocenters. The largest absolute Gasteiger partial charge is 0.475 e. The quantitative estimate of drug-likeness (QED) is 0.431. The Balaban J connectivity index is 1.58. The van der Waals surface area contributed by atoms with Gasteiger partial charge in [-0.05, 0) is 36.8 Å². The second-order valence-electron chi connectivity index (χ2n) is 6.00. The summed E-state index contributed by atoms with van der Waals surface area (Å²) in [6, 6.07) is 19.7. The fraction of sp³-hybridized carbons (Fsp3) is 0.0952. The van der Waals surface area contributed by atoms with Gasteiger partial charge >= 0.3 is 5.97 Å². The topological polar surface area (TPSA) is 104 Å². The van der Waals surface area contributed by atoms with Gasteiger partial charge in [0.05, 0.1) is 12.3 Å². The summed E-state index contributed by atoms with van der Waals surface area (Å²) in [5, 5.41) is 16.0. The lowest BCUT2D eigenvalue weighted by atomic mass is 10.1. The van der Waals surface area contributed by atoms with E-state index < -0.39 is 5.97 Å². The summed E-state index contributed by atoms with van der Waals surface area (Å²) in [5.41, 5.74) is 5.59. The molecule has 0 aliphatic rings. The van der Waals surface area contributed by atoms with Crippen molar-refractivity contribution in [1.29, 1.82) is 0 Å². The first-order valence-electron chi connectivity index (χ1n) is 8.59. The SMILES string of the molecule is C/C(=N/NC(=O)CNc1ccccc1)c1ccc(-c2ccc(C(=O)O)o2)cc1. The van der Waals surface area contributed by atoms with E-state index in [1.54, 1.807) is 25.1 Å². The summed E-state index contributed by atoms with van der Waals surface area (Å²) in [6.07, 6.45) is 0. The van der Waals surface area contributed by atoms with Crippen molar-refractivity contribution in [2.75, 3.05) is 11.9 Å². The van der Waals surface area contributed by atoms with Crippen LogP contribution in [0.3, 0.4) is 0 Å². The molecule has 1 heterocycles. The number of nitrogens with one attached hydrogen (secondary N) is 2. The number of amides is 1. The Morgan fingerprint density at radius 1 is 1.00 bits per heavy atom. The number of rotatable bonds is 7. The highest BCUT2D eigenvalue weighted by Crippen LogP contribution is 2.22. The lowest BCUT2D eigenvalue weighted by Crippen LogP contribution is -2.26. The molecule has 0 saturated heterocycles. The molecule has 0 saturated carbocycles. The molecule has 2 aromatic carbocycles. The van der Waals surface area contributed by atoms with Crippen LogP contribution in [-0.4, -0.2) is 29.2 Å². The number of para-hydroxylation sites is 1. The van der Waals surface area contributed by atoms with E-state index in [1.807, 2.05) is 42.5 Å². The second-order valence-corrected chi connectivity index (χ2v) is 6.00. The lowest BCUT2D eigenvalue weighted by Gasteiger charge is -2.06. The Hall–Kier alpha value is -3.87. The van der Waals surface area contributed by atoms with Gasteiger partial charge in [-0.15, -0.1) is 0 Å². The first-order chi connectivity index (χ1) is 13.5. The third-order valence-corrected chi connectivity index (χ3v) is 3.98. The van der Waals surface area contributed by atoms with Crippen molar-refractivity contribution in [3.05, 3.63) is 78.1 Å². The van der Waals surface area contributed by atoms with E-state index in [0.717, 1.165) is 16.8 Å². The third-order valence-electron chi connectivity index (χ3n) is 3.98. The first-order valence-corrected chi connectivity index (χ1v) is 8.59. The maximum atomic E-state index is 11.9. The van der Waals surface area contributed by atoms with Crippen LogP contribution in [0.4, 0.5) is 5.69 Å². The monoisotopic (exact) mass is 377 g/mol. The second kappa shape index (κ2) is 8.68. The number of furan rings is 1. The number of nitrogens with zero attached hydrogens (tertiary/aromatic N) is 1. The van der Waals surface area contributed by atoms with Gasteiger partial charge in [0.1, 0.15) is 5.76 Å².